The number of ether oxygens (including phenoxy) is 1. The fourth-order valence-corrected chi connectivity index (χ4v) is 2.38. The van der Waals surface area contributed by atoms with Gasteiger partial charge in [0.1, 0.15) is 5.82 Å². The number of rotatable bonds is 8. The van der Waals surface area contributed by atoms with E-state index in [1.54, 1.807) is 18.9 Å². The summed E-state index contributed by atoms with van der Waals surface area (Å²) in [5, 5.41) is 3.43. The standard InChI is InChI=1S/C13H20FNOS/c1-3-8-15-12(9-16-2)10-17-13-6-4-11(14)5-7-13/h4-7,12,15H,3,8-10H2,1-2H3. The van der Waals surface area contributed by atoms with E-state index in [1.807, 2.05) is 12.1 Å². The van der Waals surface area contributed by atoms with Crippen LogP contribution in [0.4, 0.5) is 4.39 Å². The van der Waals surface area contributed by atoms with Gasteiger partial charge >= 0.3 is 0 Å². The molecule has 0 saturated heterocycles. The Hall–Kier alpha value is -0.580. The van der Waals surface area contributed by atoms with E-state index >= 15 is 0 Å². The Morgan fingerprint density at radius 1 is 1.35 bits per heavy atom. The lowest BCUT2D eigenvalue weighted by Crippen LogP contribution is -2.35. The minimum atomic E-state index is -0.188. The highest BCUT2D eigenvalue weighted by Crippen LogP contribution is 2.19. The number of methoxy groups -OCH3 is 1. The molecular weight excluding hydrogens is 237 g/mol. The van der Waals surface area contributed by atoms with E-state index < -0.39 is 0 Å². The van der Waals surface area contributed by atoms with Gasteiger partial charge in [-0.15, -0.1) is 11.8 Å². The van der Waals surface area contributed by atoms with Crippen molar-refractivity contribution in [2.24, 2.45) is 0 Å². The zero-order chi connectivity index (χ0) is 12.5. The summed E-state index contributed by atoms with van der Waals surface area (Å²) in [6.45, 7) is 3.84. The summed E-state index contributed by atoms with van der Waals surface area (Å²) in [5.74, 6) is 0.742. The predicted octanol–water partition coefficient (Wildman–Crippen LogP) is 2.93. The summed E-state index contributed by atoms with van der Waals surface area (Å²) in [5.41, 5.74) is 0. The maximum Gasteiger partial charge on any atom is 0.123 e. The van der Waals surface area contributed by atoms with Crippen LogP contribution in [-0.4, -0.2) is 32.1 Å². The van der Waals surface area contributed by atoms with Gasteiger partial charge in [-0.3, -0.25) is 0 Å². The largest absolute Gasteiger partial charge is 0.383 e. The molecule has 0 spiro atoms. The van der Waals surface area contributed by atoms with Gasteiger partial charge in [0.25, 0.3) is 0 Å². The summed E-state index contributed by atoms with van der Waals surface area (Å²) in [7, 11) is 1.71. The van der Waals surface area contributed by atoms with Crippen LogP contribution in [-0.2, 0) is 4.74 Å². The molecule has 0 aliphatic rings. The number of nitrogens with one attached hydrogen (secondary N) is 1. The molecule has 0 bridgehead atoms. The molecule has 1 aromatic rings. The number of halogens is 1. The van der Waals surface area contributed by atoms with E-state index in [0.29, 0.717) is 12.6 Å². The van der Waals surface area contributed by atoms with E-state index in [4.69, 9.17) is 4.74 Å². The van der Waals surface area contributed by atoms with Crippen LogP contribution in [0.3, 0.4) is 0 Å². The van der Waals surface area contributed by atoms with E-state index in [2.05, 4.69) is 12.2 Å². The lowest BCUT2D eigenvalue weighted by molar-refractivity contribution is 0.174. The van der Waals surface area contributed by atoms with Crippen LogP contribution in [0.25, 0.3) is 0 Å². The molecule has 1 atom stereocenters. The van der Waals surface area contributed by atoms with Crippen LogP contribution in [0, 0.1) is 5.82 Å². The Kier molecular flexibility index (Phi) is 7.24. The fraction of sp³-hybridized carbons (Fsp3) is 0.538. The van der Waals surface area contributed by atoms with Crippen LogP contribution in [0.2, 0.25) is 0 Å². The first-order valence-corrected chi connectivity index (χ1v) is 6.85. The molecule has 2 nitrogen and oxygen atoms in total. The van der Waals surface area contributed by atoms with E-state index in [-0.39, 0.29) is 5.82 Å². The van der Waals surface area contributed by atoms with Crippen molar-refractivity contribution < 1.29 is 9.13 Å². The Balaban J connectivity index is 2.37. The van der Waals surface area contributed by atoms with Crippen molar-refractivity contribution in [2.45, 2.75) is 24.3 Å². The molecule has 1 unspecified atom stereocenters. The fourth-order valence-electron chi connectivity index (χ4n) is 1.44. The number of benzene rings is 1. The predicted molar refractivity (Wildman–Crippen MR) is 71.1 cm³/mol. The normalized spacial score (nSPS) is 12.6. The number of thioether (sulfide) groups is 1. The van der Waals surface area contributed by atoms with Crippen molar-refractivity contribution in [1.29, 1.82) is 0 Å². The summed E-state index contributed by atoms with van der Waals surface area (Å²) < 4.78 is 17.9. The zero-order valence-corrected chi connectivity index (χ0v) is 11.2. The van der Waals surface area contributed by atoms with Gasteiger partial charge in [-0.1, -0.05) is 6.92 Å². The molecule has 0 aromatic heterocycles. The van der Waals surface area contributed by atoms with Crippen molar-refractivity contribution in [3.8, 4) is 0 Å². The number of hydrogen-bond donors (Lipinski definition) is 1. The van der Waals surface area contributed by atoms with Crippen LogP contribution in [0.15, 0.2) is 29.2 Å². The molecule has 0 radical (unpaired) electrons. The van der Waals surface area contributed by atoms with E-state index in [0.717, 1.165) is 23.6 Å². The van der Waals surface area contributed by atoms with Crippen LogP contribution in [0.1, 0.15) is 13.3 Å². The molecule has 4 heteroatoms. The summed E-state index contributed by atoms with van der Waals surface area (Å²) in [4.78, 5) is 1.09. The van der Waals surface area contributed by atoms with Gasteiger partial charge in [-0.05, 0) is 37.2 Å². The van der Waals surface area contributed by atoms with E-state index in [1.165, 1.54) is 12.1 Å². The van der Waals surface area contributed by atoms with Gasteiger partial charge in [0, 0.05) is 23.8 Å². The second kappa shape index (κ2) is 8.50. The third kappa shape index (κ3) is 6.05. The van der Waals surface area contributed by atoms with Gasteiger partial charge < -0.3 is 10.1 Å². The molecule has 1 aromatic carbocycles. The lowest BCUT2D eigenvalue weighted by Gasteiger charge is -2.17. The SMILES string of the molecule is CCCNC(COC)CSc1ccc(F)cc1. The number of hydrogen-bond acceptors (Lipinski definition) is 3. The molecule has 0 saturated carbocycles. The minimum Gasteiger partial charge on any atom is -0.383 e. The van der Waals surface area contributed by atoms with Gasteiger partial charge in [0.2, 0.25) is 0 Å². The molecule has 0 amide bonds. The third-order valence-corrected chi connectivity index (χ3v) is 3.49. The van der Waals surface area contributed by atoms with Gasteiger partial charge in [-0.25, -0.2) is 4.39 Å². The molecule has 0 aliphatic heterocycles. The van der Waals surface area contributed by atoms with Crippen molar-refractivity contribution >= 4 is 11.8 Å². The third-order valence-electron chi connectivity index (χ3n) is 2.32. The molecule has 0 fully saturated rings. The quantitative estimate of drug-likeness (QED) is 0.724. The summed E-state index contributed by atoms with van der Waals surface area (Å²) in [6, 6.07) is 6.95. The second-order valence-electron chi connectivity index (χ2n) is 3.87. The highest BCUT2D eigenvalue weighted by atomic mass is 32.2. The lowest BCUT2D eigenvalue weighted by atomic mass is 10.3. The Bertz CT molecular complexity index is 305. The van der Waals surface area contributed by atoms with Crippen molar-refractivity contribution in [2.75, 3.05) is 26.0 Å². The Labute approximate surface area is 107 Å². The molecule has 96 valence electrons. The summed E-state index contributed by atoms with van der Waals surface area (Å²) >= 11 is 1.72. The van der Waals surface area contributed by atoms with Crippen molar-refractivity contribution in [3.05, 3.63) is 30.1 Å². The molecule has 0 aliphatic carbocycles. The van der Waals surface area contributed by atoms with Gasteiger partial charge in [0.05, 0.1) is 6.61 Å². The second-order valence-corrected chi connectivity index (χ2v) is 4.96. The minimum absolute atomic E-state index is 0.188. The maximum atomic E-state index is 12.7. The molecule has 17 heavy (non-hydrogen) atoms. The van der Waals surface area contributed by atoms with Gasteiger partial charge in [0.15, 0.2) is 0 Å². The maximum absolute atomic E-state index is 12.7. The first kappa shape index (κ1) is 14.5. The molecule has 0 heterocycles. The first-order chi connectivity index (χ1) is 8.26. The van der Waals surface area contributed by atoms with Gasteiger partial charge in [-0.2, -0.15) is 0 Å². The van der Waals surface area contributed by atoms with Crippen LogP contribution < -0.4 is 5.32 Å². The Morgan fingerprint density at radius 3 is 2.65 bits per heavy atom. The highest BCUT2D eigenvalue weighted by Gasteiger charge is 2.07. The smallest absolute Gasteiger partial charge is 0.123 e. The average Bonchev–Trinajstić information content (AvgIpc) is 2.35. The molecular formula is C13H20FNOS. The average molecular weight is 257 g/mol. The topological polar surface area (TPSA) is 21.3 Å². The monoisotopic (exact) mass is 257 g/mol. The highest BCUT2D eigenvalue weighted by molar-refractivity contribution is 7.99. The van der Waals surface area contributed by atoms with Crippen molar-refractivity contribution in [1.82, 2.24) is 5.32 Å². The first-order valence-electron chi connectivity index (χ1n) is 5.87. The zero-order valence-electron chi connectivity index (χ0n) is 10.4. The van der Waals surface area contributed by atoms with Crippen LogP contribution >= 0.6 is 11.8 Å². The van der Waals surface area contributed by atoms with Crippen molar-refractivity contribution in [3.63, 3.8) is 0 Å². The molecule has 1 N–H and O–H groups in total. The molecule has 1 rings (SSSR count). The van der Waals surface area contributed by atoms with E-state index in [9.17, 15) is 4.39 Å². The Morgan fingerprint density at radius 2 is 2.06 bits per heavy atom. The van der Waals surface area contributed by atoms with Crippen LogP contribution in [0.5, 0.6) is 0 Å². The summed E-state index contributed by atoms with van der Waals surface area (Å²) in [6.07, 6.45) is 1.11.